The van der Waals surface area contributed by atoms with E-state index in [-0.39, 0.29) is 23.1 Å². The number of ether oxygens (including phenoxy) is 1. The number of hydrogen-bond acceptors (Lipinski definition) is 6. The Morgan fingerprint density at radius 3 is 2.39 bits per heavy atom. The zero-order chi connectivity index (χ0) is 16.8. The number of Topliss-reactive ketones (excluding diaryl/α,β-unsaturated/α-hetero) is 1. The van der Waals surface area contributed by atoms with Gasteiger partial charge >= 0.3 is 0 Å². The van der Waals surface area contributed by atoms with Crippen molar-refractivity contribution in [2.75, 3.05) is 5.43 Å². The molecule has 0 heterocycles. The molecule has 0 bridgehead atoms. The van der Waals surface area contributed by atoms with Crippen molar-refractivity contribution in [3.8, 4) is 5.75 Å². The van der Waals surface area contributed by atoms with Crippen LogP contribution < -0.4 is 10.2 Å². The average molecular weight is 313 g/mol. The van der Waals surface area contributed by atoms with Gasteiger partial charge in [0.2, 0.25) is 5.78 Å². The number of non-ortho nitro benzene ring substituents is 1. The van der Waals surface area contributed by atoms with E-state index in [9.17, 15) is 14.9 Å². The number of rotatable bonds is 5. The number of anilines is 1. The lowest BCUT2D eigenvalue weighted by Crippen LogP contribution is -2.19. The summed E-state index contributed by atoms with van der Waals surface area (Å²) in [6, 6.07) is 12.9. The van der Waals surface area contributed by atoms with Gasteiger partial charge in [0.1, 0.15) is 5.75 Å². The van der Waals surface area contributed by atoms with Crippen molar-refractivity contribution in [2.45, 2.75) is 13.8 Å². The second-order valence-electron chi connectivity index (χ2n) is 4.75. The number of aryl methyl sites for hydroxylation is 1. The Labute approximate surface area is 132 Å². The Morgan fingerprint density at radius 2 is 1.83 bits per heavy atom. The van der Waals surface area contributed by atoms with Gasteiger partial charge in [-0.1, -0.05) is 18.2 Å². The molecule has 0 unspecified atom stereocenters. The quantitative estimate of drug-likeness (QED) is 0.395. The number of para-hydroxylation sites is 1. The highest BCUT2D eigenvalue weighted by Crippen LogP contribution is 2.18. The van der Waals surface area contributed by atoms with Crippen molar-refractivity contribution in [3.05, 3.63) is 64.2 Å². The molecule has 0 aliphatic carbocycles. The highest BCUT2D eigenvalue weighted by Gasteiger charge is 2.11. The molecule has 23 heavy (non-hydrogen) atoms. The second kappa shape index (κ2) is 7.17. The van der Waals surface area contributed by atoms with Gasteiger partial charge in [-0.25, -0.2) is 0 Å². The maximum Gasteiger partial charge on any atom is 0.280 e. The monoisotopic (exact) mass is 313 g/mol. The number of nitro groups is 1. The number of nitrogens with one attached hydrogen (secondary N) is 1. The van der Waals surface area contributed by atoms with E-state index in [2.05, 4.69) is 10.5 Å². The third-order valence-corrected chi connectivity index (χ3v) is 2.99. The minimum absolute atomic E-state index is 0.0586. The molecule has 0 aromatic heterocycles. The van der Waals surface area contributed by atoms with Crippen LogP contribution in [0.4, 0.5) is 11.4 Å². The van der Waals surface area contributed by atoms with Crippen molar-refractivity contribution in [1.82, 2.24) is 0 Å². The standard InChI is InChI=1S/C16H15N3O4/c1-11-5-3-4-6-15(11)17-18-16(12(2)20)23-14-9-7-13(8-10-14)19(21)22/h3-10,17H,1-2H3. The van der Waals surface area contributed by atoms with Gasteiger partial charge in [0.25, 0.3) is 11.6 Å². The molecule has 0 amide bonds. The molecule has 7 nitrogen and oxygen atoms in total. The minimum Gasteiger partial charge on any atom is -0.435 e. The molecule has 0 atom stereocenters. The molecule has 0 radical (unpaired) electrons. The first-order valence-corrected chi connectivity index (χ1v) is 6.80. The smallest absolute Gasteiger partial charge is 0.280 e. The number of carbonyl (C=O) groups excluding carboxylic acids is 1. The van der Waals surface area contributed by atoms with Crippen LogP contribution in [0.5, 0.6) is 5.75 Å². The molecule has 0 saturated carbocycles. The van der Waals surface area contributed by atoms with Crippen LogP contribution in [0.25, 0.3) is 0 Å². The molecule has 118 valence electrons. The van der Waals surface area contributed by atoms with Gasteiger partial charge in [-0.3, -0.25) is 20.3 Å². The molecule has 0 aliphatic heterocycles. The summed E-state index contributed by atoms with van der Waals surface area (Å²) in [5, 5.41) is 14.6. The molecule has 0 fully saturated rings. The summed E-state index contributed by atoms with van der Waals surface area (Å²) < 4.78 is 5.39. The van der Waals surface area contributed by atoms with Crippen molar-refractivity contribution in [1.29, 1.82) is 0 Å². The zero-order valence-electron chi connectivity index (χ0n) is 12.6. The van der Waals surface area contributed by atoms with E-state index in [4.69, 9.17) is 4.74 Å². The van der Waals surface area contributed by atoms with Crippen LogP contribution >= 0.6 is 0 Å². The Morgan fingerprint density at radius 1 is 1.17 bits per heavy atom. The van der Waals surface area contributed by atoms with E-state index in [1.165, 1.54) is 31.2 Å². The number of hydrazone groups is 1. The van der Waals surface area contributed by atoms with Crippen LogP contribution in [0.2, 0.25) is 0 Å². The van der Waals surface area contributed by atoms with E-state index in [1.54, 1.807) is 0 Å². The topological polar surface area (TPSA) is 93.8 Å². The molecular formula is C16H15N3O4. The number of nitrogens with zero attached hydrogens (tertiary/aromatic N) is 2. The summed E-state index contributed by atoms with van der Waals surface area (Å²) in [4.78, 5) is 21.7. The predicted molar refractivity (Wildman–Crippen MR) is 86.6 cm³/mol. The molecule has 0 saturated heterocycles. The Balaban J connectivity index is 2.15. The van der Waals surface area contributed by atoms with Crippen LogP contribution in [-0.2, 0) is 4.79 Å². The first-order valence-electron chi connectivity index (χ1n) is 6.80. The van der Waals surface area contributed by atoms with Gasteiger partial charge in [0.05, 0.1) is 10.6 Å². The molecule has 2 aromatic carbocycles. The van der Waals surface area contributed by atoms with E-state index < -0.39 is 4.92 Å². The molecule has 0 aliphatic rings. The molecular weight excluding hydrogens is 298 g/mol. The SMILES string of the molecule is CC(=O)C(=NNc1ccccc1C)Oc1ccc([N+](=O)[O-])cc1. The number of benzene rings is 2. The van der Waals surface area contributed by atoms with E-state index in [1.807, 2.05) is 31.2 Å². The van der Waals surface area contributed by atoms with Gasteiger partial charge in [-0.05, 0) is 30.7 Å². The highest BCUT2D eigenvalue weighted by atomic mass is 16.6. The summed E-state index contributed by atoms with van der Waals surface area (Å²) >= 11 is 0. The van der Waals surface area contributed by atoms with Crippen molar-refractivity contribution in [2.24, 2.45) is 5.10 Å². The van der Waals surface area contributed by atoms with Crippen molar-refractivity contribution in [3.63, 3.8) is 0 Å². The van der Waals surface area contributed by atoms with Crippen LogP contribution in [0.3, 0.4) is 0 Å². The summed E-state index contributed by atoms with van der Waals surface area (Å²) in [6.07, 6.45) is 0. The largest absolute Gasteiger partial charge is 0.435 e. The molecule has 1 N–H and O–H groups in total. The Hall–Kier alpha value is -3.22. The summed E-state index contributed by atoms with van der Waals surface area (Å²) in [6.45, 7) is 3.23. The third-order valence-electron chi connectivity index (χ3n) is 2.99. The second-order valence-corrected chi connectivity index (χ2v) is 4.75. The Kier molecular flexibility index (Phi) is 5.03. The van der Waals surface area contributed by atoms with Crippen molar-refractivity contribution >= 4 is 23.1 Å². The molecule has 2 rings (SSSR count). The molecule has 7 heteroatoms. The van der Waals surface area contributed by atoms with Crippen LogP contribution in [-0.4, -0.2) is 16.6 Å². The fourth-order valence-corrected chi connectivity index (χ4v) is 1.73. The first kappa shape index (κ1) is 16.2. The third kappa shape index (κ3) is 4.37. The van der Waals surface area contributed by atoms with Gasteiger partial charge < -0.3 is 4.74 Å². The normalized spacial score (nSPS) is 11.0. The zero-order valence-corrected chi connectivity index (χ0v) is 12.6. The van der Waals surface area contributed by atoms with Gasteiger partial charge in [-0.2, -0.15) is 0 Å². The first-order chi connectivity index (χ1) is 11.0. The lowest BCUT2D eigenvalue weighted by atomic mass is 10.2. The fraction of sp³-hybridized carbons (Fsp3) is 0.125. The maximum absolute atomic E-state index is 11.6. The lowest BCUT2D eigenvalue weighted by molar-refractivity contribution is -0.384. The number of ketones is 1. The fourth-order valence-electron chi connectivity index (χ4n) is 1.73. The van der Waals surface area contributed by atoms with Gasteiger partial charge in [0.15, 0.2) is 0 Å². The number of hydrogen-bond donors (Lipinski definition) is 1. The molecule has 0 spiro atoms. The average Bonchev–Trinajstić information content (AvgIpc) is 2.53. The van der Waals surface area contributed by atoms with E-state index >= 15 is 0 Å². The van der Waals surface area contributed by atoms with E-state index in [0.717, 1.165) is 11.3 Å². The molecule has 2 aromatic rings. The van der Waals surface area contributed by atoms with E-state index in [0.29, 0.717) is 0 Å². The summed E-state index contributed by atoms with van der Waals surface area (Å²) in [7, 11) is 0. The van der Waals surface area contributed by atoms with Crippen molar-refractivity contribution < 1.29 is 14.5 Å². The maximum atomic E-state index is 11.6. The summed E-state index contributed by atoms with van der Waals surface area (Å²) in [5.41, 5.74) is 4.44. The van der Waals surface area contributed by atoms with Crippen LogP contribution in [0, 0.1) is 17.0 Å². The number of nitro benzene ring substituents is 1. The number of carbonyl (C=O) groups is 1. The predicted octanol–water partition coefficient (Wildman–Crippen LogP) is 3.30. The highest BCUT2D eigenvalue weighted by molar-refractivity contribution is 6.36. The van der Waals surface area contributed by atoms with Gasteiger partial charge in [-0.15, -0.1) is 5.10 Å². The van der Waals surface area contributed by atoms with Crippen LogP contribution in [0.15, 0.2) is 53.6 Å². The summed E-state index contributed by atoms with van der Waals surface area (Å²) in [5.74, 6) is -0.220. The minimum atomic E-state index is -0.510. The van der Waals surface area contributed by atoms with Gasteiger partial charge in [0, 0.05) is 19.1 Å². The van der Waals surface area contributed by atoms with Crippen LogP contribution in [0.1, 0.15) is 12.5 Å². The Bertz CT molecular complexity index is 754. The lowest BCUT2D eigenvalue weighted by Gasteiger charge is -2.08.